The number of rotatable bonds is 2. The lowest BCUT2D eigenvalue weighted by Crippen LogP contribution is -2.16. The predicted molar refractivity (Wildman–Crippen MR) is 38.9 cm³/mol. The summed E-state index contributed by atoms with van der Waals surface area (Å²) in [4.78, 5) is 0. The Labute approximate surface area is 61.0 Å². The molecule has 0 amide bonds. The van der Waals surface area contributed by atoms with Crippen molar-refractivity contribution >= 4 is 19.6 Å². The first-order valence-electron chi connectivity index (χ1n) is 2.92. The zero-order valence-corrected chi connectivity index (χ0v) is 6.27. The molecule has 0 aliphatic rings. The topological polar surface area (TPSA) is 20.2 Å². The standard InChI is InChI=1S/C6H5.CH3O.Al/c1-2-4-6-5-3-1;1-2;/h1-5H;2H,1H2;. The maximum absolute atomic E-state index is 8.56. The Morgan fingerprint density at radius 1 is 1.22 bits per heavy atom. The molecule has 45 valence electrons. The van der Waals surface area contributed by atoms with Crippen LogP contribution in [0.15, 0.2) is 30.3 Å². The maximum atomic E-state index is 8.56. The monoisotopic (exact) mass is 135 g/mol. The molecule has 0 aliphatic heterocycles. The molecular formula is C7H8AlO. The second kappa shape index (κ2) is 3.68. The zero-order valence-electron chi connectivity index (χ0n) is 5.12. The second-order valence-corrected chi connectivity index (χ2v) is 3.24. The van der Waals surface area contributed by atoms with Crippen molar-refractivity contribution < 1.29 is 5.11 Å². The molecule has 0 heterocycles. The first kappa shape index (κ1) is 6.83. The normalized spacial score (nSPS) is 9.00. The third-order valence-corrected chi connectivity index (χ3v) is 2.17. The van der Waals surface area contributed by atoms with E-state index in [-0.39, 0.29) is 15.2 Å². The van der Waals surface area contributed by atoms with Crippen molar-refractivity contribution in [3.05, 3.63) is 30.3 Å². The van der Waals surface area contributed by atoms with Gasteiger partial charge in [0.25, 0.3) is 15.2 Å². The fraction of sp³-hybridized carbons (Fsp3) is 0.143. The molecule has 1 radical (unpaired) electrons. The van der Waals surface area contributed by atoms with Gasteiger partial charge in [-0.1, -0.05) is 30.3 Å². The van der Waals surface area contributed by atoms with Gasteiger partial charge in [0.05, 0.1) is 0 Å². The van der Waals surface area contributed by atoms with Crippen molar-refractivity contribution in [2.75, 3.05) is 5.47 Å². The Bertz CT molecular complexity index is 162. The molecule has 0 unspecified atom stereocenters. The molecule has 0 aromatic heterocycles. The van der Waals surface area contributed by atoms with Gasteiger partial charge in [-0.2, -0.15) is 0 Å². The number of benzene rings is 1. The summed E-state index contributed by atoms with van der Waals surface area (Å²) in [6, 6.07) is 10.1. The van der Waals surface area contributed by atoms with Crippen LogP contribution in [0.1, 0.15) is 0 Å². The molecule has 1 aromatic rings. The van der Waals surface area contributed by atoms with Crippen LogP contribution in [0.25, 0.3) is 0 Å². The summed E-state index contributed by atoms with van der Waals surface area (Å²) in [6.45, 7) is 0. The minimum Gasteiger partial charge on any atom is -0.412 e. The van der Waals surface area contributed by atoms with Crippen molar-refractivity contribution in [1.82, 2.24) is 0 Å². The predicted octanol–water partition coefficient (Wildman–Crippen LogP) is -0.0341. The van der Waals surface area contributed by atoms with Crippen molar-refractivity contribution in [3.8, 4) is 0 Å². The van der Waals surface area contributed by atoms with Crippen molar-refractivity contribution in [2.45, 2.75) is 0 Å². The van der Waals surface area contributed by atoms with Crippen molar-refractivity contribution in [1.29, 1.82) is 0 Å². The first-order valence-corrected chi connectivity index (χ1v) is 4.32. The maximum Gasteiger partial charge on any atom is 0.292 e. The number of aliphatic hydroxyl groups is 1. The van der Waals surface area contributed by atoms with Crippen LogP contribution in [0.2, 0.25) is 0 Å². The Morgan fingerprint density at radius 3 is 2.44 bits per heavy atom. The van der Waals surface area contributed by atoms with Crippen LogP contribution in [0.5, 0.6) is 0 Å². The summed E-state index contributed by atoms with van der Waals surface area (Å²) >= 11 is 0.0986. The van der Waals surface area contributed by atoms with E-state index in [4.69, 9.17) is 5.11 Å². The van der Waals surface area contributed by atoms with Gasteiger partial charge >= 0.3 is 0 Å². The third-order valence-electron chi connectivity index (χ3n) is 1.13. The van der Waals surface area contributed by atoms with Crippen LogP contribution in [0.4, 0.5) is 0 Å². The number of aliphatic hydroxyl groups excluding tert-OH is 1. The lowest BCUT2D eigenvalue weighted by molar-refractivity contribution is 0.367. The Morgan fingerprint density at radius 2 is 1.89 bits per heavy atom. The lowest BCUT2D eigenvalue weighted by atomic mass is 10.4. The smallest absolute Gasteiger partial charge is 0.292 e. The van der Waals surface area contributed by atoms with Gasteiger partial charge in [0, 0.05) is 0 Å². The molecule has 9 heavy (non-hydrogen) atoms. The summed E-state index contributed by atoms with van der Waals surface area (Å²) in [5.41, 5.74) is 0.323. The number of hydrogen-bond acceptors (Lipinski definition) is 1. The summed E-state index contributed by atoms with van der Waals surface area (Å²) in [5.74, 6) is 0. The van der Waals surface area contributed by atoms with E-state index >= 15 is 0 Å². The van der Waals surface area contributed by atoms with E-state index < -0.39 is 0 Å². The van der Waals surface area contributed by atoms with E-state index in [1.165, 1.54) is 4.43 Å². The molecule has 1 aromatic carbocycles. The SMILES string of the molecule is O[CH2][Al][c]1ccccc1. The van der Waals surface area contributed by atoms with E-state index in [0.717, 1.165) is 0 Å². The summed E-state index contributed by atoms with van der Waals surface area (Å²) in [6.07, 6.45) is 0. The summed E-state index contributed by atoms with van der Waals surface area (Å²) in [7, 11) is 0. The summed E-state index contributed by atoms with van der Waals surface area (Å²) in [5, 5.41) is 8.56. The highest BCUT2D eigenvalue weighted by Crippen LogP contribution is 1.79. The van der Waals surface area contributed by atoms with Gasteiger partial charge in [0.15, 0.2) is 0 Å². The van der Waals surface area contributed by atoms with Gasteiger partial charge < -0.3 is 5.11 Å². The Hall–Kier alpha value is -0.288. The lowest BCUT2D eigenvalue weighted by Gasteiger charge is -1.91. The molecule has 0 spiro atoms. The van der Waals surface area contributed by atoms with Crippen LogP contribution in [-0.2, 0) is 0 Å². The van der Waals surface area contributed by atoms with Crippen LogP contribution < -0.4 is 4.43 Å². The van der Waals surface area contributed by atoms with E-state index in [1.54, 1.807) is 0 Å². The Balaban J connectivity index is 2.61. The minimum atomic E-state index is 0.0986. The van der Waals surface area contributed by atoms with Gasteiger partial charge in [-0.25, -0.2) is 0 Å². The van der Waals surface area contributed by atoms with E-state index in [0.29, 0.717) is 5.47 Å². The van der Waals surface area contributed by atoms with E-state index in [2.05, 4.69) is 0 Å². The summed E-state index contributed by atoms with van der Waals surface area (Å²) < 4.78 is 1.28. The first-order chi connectivity index (χ1) is 4.43. The molecule has 0 bridgehead atoms. The average Bonchev–Trinajstić information content (AvgIpc) is 1.91. The second-order valence-electron chi connectivity index (χ2n) is 1.80. The fourth-order valence-electron chi connectivity index (χ4n) is 0.695. The van der Waals surface area contributed by atoms with E-state index in [9.17, 15) is 0 Å². The van der Waals surface area contributed by atoms with Crippen LogP contribution >= 0.6 is 0 Å². The molecule has 1 N–H and O–H groups in total. The molecule has 0 saturated carbocycles. The fourth-order valence-corrected chi connectivity index (χ4v) is 1.40. The van der Waals surface area contributed by atoms with Crippen molar-refractivity contribution in [2.24, 2.45) is 0 Å². The molecule has 0 aliphatic carbocycles. The van der Waals surface area contributed by atoms with Gasteiger partial charge in [0.2, 0.25) is 0 Å². The van der Waals surface area contributed by atoms with Gasteiger partial charge in [0.1, 0.15) is 0 Å². The average molecular weight is 135 g/mol. The molecular weight excluding hydrogens is 127 g/mol. The highest BCUT2D eigenvalue weighted by atomic mass is 27.1. The van der Waals surface area contributed by atoms with Crippen LogP contribution in [-0.4, -0.2) is 25.8 Å². The third kappa shape index (κ3) is 2.19. The molecule has 0 saturated heterocycles. The minimum absolute atomic E-state index is 0.0986. The molecule has 2 heteroatoms. The van der Waals surface area contributed by atoms with Crippen molar-refractivity contribution in [3.63, 3.8) is 0 Å². The zero-order chi connectivity index (χ0) is 6.53. The molecule has 1 nitrogen and oxygen atoms in total. The quantitative estimate of drug-likeness (QED) is 0.564. The van der Waals surface area contributed by atoms with Gasteiger partial charge in [-0.15, -0.1) is 4.43 Å². The van der Waals surface area contributed by atoms with Gasteiger partial charge in [-0.3, -0.25) is 0 Å². The van der Waals surface area contributed by atoms with E-state index in [1.807, 2.05) is 30.3 Å². The van der Waals surface area contributed by atoms with Crippen LogP contribution in [0, 0.1) is 0 Å². The number of hydrogen-bond donors (Lipinski definition) is 1. The Kier molecular flexibility index (Phi) is 2.79. The molecule has 0 atom stereocenters. The molecule has 0 fully saturated rings. The van der Waals surface area contributed by atoms with Gasteiger partial charge in [-0.05, 0) is 5.47 Å². The molecule has 1 rings (SSSR count). The van der Waals surface area contributed by atoms with Crippen LogP contribution in [0.3, 0.4) is 0 Å². The highest BCUT2D eigenvalue weighted by molar-refractivity contribution is 6.53. The highest BCUT2D eigenvalue weighted by Gasteiger charge is 1.90. The largest absolute Gasteiger partial charge is 0.412 e.